The first kappa shape index (κ1) is 74.9. The van der Waals surface area contributed by atoms with Crippen LogP contribution in [0.4, 0.5) is 0 Å². The van der Waals surface area contributed by atoms with E-state index in [0.29, 0.717) is 6.42 Å². The molecular weight excluding hydrogens is 995 g/mol. The summed E-state index contributed by atoms with van der Waals surface area (Å²) in [7, 11) is 0. The van der Waals surface area contributed by atoms with Gasteiger partial charge in [0, 0.05) is 6.42 Å². The average molecular weight is 1120 g/mol. The molecule has 9 heteroatoms. The highest BCUT2D eigenvalue weighted by atomic mass is 16.7. The number of aliphatic hydroxyl groups is 5. The SMILES string of the molecule is CC/C=C\C/C=C\C/C=C\C/C=C\C/C=C\C/C=C\C/C=C\C/C=C\CCCCCCCCCCCCC(=O)NC(COC1OC(CO)C(O)C(O)C1O)C(O)/C=C/CCCCCCCCCCCCCCCCCCCCCC. The summed E-state index contributed by atoms with van der Waals surface area (Å²) in [6.45, 7) is 3.68. The van der Waals surface area contributed by atoms with Crippen LogP contribution in [0.5, 0.6) is 0 Å². The van der Waals surface area contributed by atoms with E-state index in [2.05, 4.69) is 116 Å². The topological polar surface area (TPSA) is 149 Å². The number of ether oxygens (including phenoxy) is 2. The second kappa shape index (κ2) is 59.0. The Morgan fingerprint density at radius 3 is 1.15 bits per heavy atom. The second-order valence-corrected chi connectivity index (χ2v) is 22.5. The van der Waals surface area contributed by atoms with Crippen molar-refractivity contribution in [1.29, 1.82) is 0 Å². The molecule has 1 rings (SSSR count). The number of allylic oxidation sites excluding steroid dienone is 17. The number of carbonyl (C=O) groups is 1. The van der Waals surface area contributed by atoms with Gasteiger partial charge in [-0.3, -0.25) is 4.79 Å². The number of hydrogen-bond donors (Lipinski definition) is 6. The van der Waals surface area contributed by atoms with Crippen LogP contribution in [0.2, 0.25) is 0 Å². The molecule has 0 aromatic rings. The average Bonchev–Trinajstić information content (AvgIpc) is 3.46. The molecule has 1 aliphatic rings. The fourth-order valence-corrected chi connectivity index (χ4v) is 9.94. The summed E-state index contributed by atoms with van der Waals surface area (Å²) < 4.78 is 11.3. The van der Waals surface area contributed by atoms with Gasteiger partial charge in [0.15, 0.2) is 6.29 Å². The highest BCUT2D eigenvalue weighted by Crippen LogP contribution is 2.23. The predicted molar refractivity (Wildman–Crippen MR) is 341 cm³/mol. The van der Waals surface area contributed by atoms with Gasteiger partial charge in [0.25, 0.3) is 0 Å². The molecule has 0 aromatic carbocycles. The summed E-state index contributed by atoms with van der Waals surface area (Å²) in [6, 6.07) is -0.815. The van der Waals surface area contributed by atoms with Crippen molar-refractivity contribution in [3.8, 4) is 0 Å². The van der Waals surface area contributed by atoms with Gasteiger partial charge < -0.3 is 40.3 Å². The van der Waals surface area contributed by atoms with E-state index in [1.54, 1.807) is 6.08 Å². The first-order valence-electron chi connectivity index (χ1n) is 33.1. The number of carbonyl (C=O) groups excluding carboxylic acids is 1. The Bertz CT molecular complexity index is 1630. The molecule has 0 saturated carbocycles. The standard InChI is InChI=1S/C71H123NO8/c1-3-5-7-9-11-13-15-17-19-21-23-25-27-28-29-30-31-32-33-34-35-36-37-38-39-41-43-45-47-49-51-53-55-57-59-61-67(75)72-64(63-79-71-70(78)69(77)68(76)66(62-73)80-71)65(74)60-58-56-54-52-50-48-46-44-42-40-26-24-22-20-18-16-14-12-10-8-6-4-2/h5,7,11,13,17,19,23,25,28-29,31-32,34-35,37-38,58,60,64-66,68-71,73-74,76-78H,3-4,6,8-10,12,14-16,18,20-22,24,26-27,30,33,36,39-57,59,61-63H2,1-2H3,(H,72,75)/b7-5-,13-11-,19-17-,25-23-,29-28-,32-31-,35-34-,38-37-,60-58+. The molecule has 9 nitrogen and oxygen atoms in total. The quantitative estimate of drug-likeness (QED) is 0.0261. The maximum Gasteiger partial charge on any atom is 0.220 e. The predicted octanol–water partition coefficient (Wildman–Crippen LogP) is 17.7. The van der Waals surface area contributed by atoms with Gasteiger partial charge in [-0.05, 0) is 83.5 Å². The third-order valence-corrected chi connectivity index (χ3v) is 15.1. The van der Waals surface area contributed by atoms with Crippen molar-refractivity contribution in [3.63, 3.8) is 0 Å². The summed E-state index contributed by atoms with van der Waals surface area (Å²) in [5.41, 5.74) is 0. The molecule has 0 aromatic heterocycles. The molecule has 0 spiro atoms. The zero-order valence-corrected chi connectivity index (χ0v) is 51.3. The van der Waals surface area contributed by atoms with Gasteiger partial charge in [-0.1, -0.05) is 297 Å². The lowest BCUT2D eigenvalue weighted by molar-refractivity contribution is -0.302. The lowest BCUT2D eigenvalue weighted by Gasteiger charge is -2.40. The monoisotopic (exact) mass is 1120 g/mol. The molecule has 1 amide bonds. The zero-order valence-electron chi connectivity index (χ0n) is 51.3. The largest absolute Gasteiger partial charge is 0.394 e. The molecule has 1 fully saturated rings. The maximum atomic E-state index is 13.1. The van der Waals surface area contributed by atoms with Crippen LogP contribution >= 0.6 is 0 Å². The van der Waals surface area contributed by atoms with Crippen LogP contribution in [0.3, 0.4) is 0 Å². The van der Waals surface area contributed by atoms with Gasteiger partial charge in [0.2, 0.25) is 5.91 Å². The third kappa shape index (κ3) is 47.4. The maximum absolute atomic E-state index is 13.1. The molecule has 1 heterocycles. The molecule has 0 radical (unpaired) electrons. The fourth-order valence-electron chi connectivity index (χ4n) is 9.94. The summed E-state index contributed by atoms with van der Waals surface area (Å²) in [5, 5.41) is 54.7. The second-order valence-electron chi connectivity index (χ2n) is 22.5. The molecule has 0 bridgehead atoms. The van der Waals surface area contributed by atoms with Crippen molar-refractivity contribution in [2.75, 3.05) is 13.2 Å². The van der Waals surface area contributed by atoms with E-state index >= 15 is 0 Å². The van der Waals surface area contributed by atoms with Crippen LogP contribution in [-0.4, -0.2) is 87.5 Å². The van der Waals surface area contributed by atoms with Gasteiger partial charge >= 0.3 is 0 Å². The highest BCUT2D eigenvalue weighted by molar-refractivity contribution is 5.76. The van der Waals surface area contributed by atoms with Crippen LogP contribution in [0, 0.1) is 0 Å². The Labute approximate surface area is 491 Å². The number of amides is 1. The minimum atomic E-state index is -1.57. The Morgan fingerprint density at radius 2 is 0.775 bits per heavy atom. The lowest BCUT2D eigenvalue weighted by atomic mass is 9.99. The van der Waals surface area contributed by atoms with E-state index in [1.807, 2.05) is 6.08 Å². The van der Waals surface area contributed by atoms with Crippen molar-refractivity contribution < 1.29 is 39.8 Å². The number of rotatable bonds is 56. The summed E-state index contributed by atoms with van der Waals surface area (Å²) in [5.74, 6) is -0.183. The van der Waals surface area contributed by atoms with Crippen molar-refractivity contribution in [2.45, 2.75) is 320 Å². The first-order valence-corrected chi connectivity index (χ1v) is 33.1. The molecule has 6 N–H and O–H groups in total. The Kier molecular flexibility index (Phi) is 55.2. The Morgan fingerprint density at radius 1 is 0.438 bits per heavy atom. The van der Waals surface area contributed by atoms with E-state index in [-0.39, 0.29) is 12.5 Å². The molecule has 80 heavy (non-hydrogen) atoms. The van der Waals surface area contributed by atoms with Crippen LogP contribution in [0.25, 0.3) is 0 Å². The highest BCUT2D eigenvalue weighted by Gasteiger charge is 2.44. The van der Waals surface area contributed by atoms with Gasteiger partial charge in [-0.15, -0.1) is 0 Å². The first-order chi connectivity index (χ1) is 39.3. The summed E-state index contributed by atoms with van der Waals surface area (Å²) in [6.07, 6.45) is 80.2. The minimum absolute atomic E-state index is 0.183. The van der Waals surface area contributed by atoms with Crippen molar-refractivity contribution in [2.24, 2.45) is 0 Å². The molecule has 1 saturated heterocycles. The molecule has 7 atom stereocenters. The Balaban J connectivity index is 2.18. The van der Waals surface area contributed by atoms with E-state index in [1.165, 1.54) is 154 Å². The normalized spacial score (nSPS) is 19.2. The Hall–Kier alpha value is -3.15. The van der Waals surface area contributed by atoms with E-state index in [4.69, 9.17) is 9.47 Å². The van der Waals surface area contributed by atoms with Crippen molar-refractivity contribution in [3.05, 3.63) is 109 Å². The molecule has 1 aliphatic heterocycles. The van der Waals surface area contributed by atoms with Crippen LogP contribution < -0.4 is 5.32 Å². The molecule has 7 unspecified atom stereocenters. The van der Waals surface area contributed by atoms with Crippen molar-refractivity contribution in [1.82, 2.24) is 5.32 Å². The zero-order chi connectivity index (χ0) is 57.9. The molecular formula is C71H123NO8. The number of nitrogens with one attached hydrogen (secondary N) is 1. The summed E-state index contributed by atoms with van der Waals surface area (Å²) >= 11 is 0. The molecule has 460 valence electrons. The van der Waals surface area contributed by atoms with Gasteiger partial charge in [0.05, 0.1) is 25.4 Å². The van der Waals surface area contributed by atoms with Crippen LogP contribution in [-0.2, 0) is 14.3 Å². The van der Waals surface area contributed by atoms with E-state index < -0.39 is 49.5 Å². The lowest BCUT2D eigenvalue weighted by Crippen LogP contribution is -2.60. The van der Waals surface area contributed by atoms with Gasteiger partial charge in [-0.25, -0.2) is 0 Å². The van der Waals surface area contributed by atoms with Gasteiger partial charge in [-0.2, -0.15) is 0 Å². The van der Waals surface area contributed by atoms with E-state index in [9.17, 15) is 30.3 Å². The molecule has 0 aliphatic carbocycles. The minimum Gasteiger partial charge on any atom is -0.394 e. The van der Waals surface area contributed by atoms with Gasteiger partial charge in [0.1, 0.15) is 24.4 Å². The number of aliphatic hydroxyl groups excluding tert-OH is 5. The number of hydrogen-bond acceptors (Lipinski definition) is 8. The van der Waals surface area contributed by atoms with Crippen LogP contribution in [0.15, 0.2) is 109 Å². The number of unbranched alkanes of at least 4 members (excludes halogenated alkanes) is 30. The third-order valence-electron chi connectivity index (χ3n) is 15.1. The van der Waals surface area contributed by atoms with Crippen LogP contribution in [0.1, 0.15) is 277 Å². The smallest absolute Gasteiger partial charge is 0.220 e. The summed E-state index contributed by atoms with van der Waals surface area (Å²) in [4.78, 5) is 13.1. The fraction of sp³-hybridized carbons (Fsp3) is 0.732. The van der Waals surface area contributed by atoms with Crippen molar-refractivity contribution >= 4 is 5.91 Å². The van der Waals surface area contributed by atoms with E-state index in [0.717, 1.165) is 103 Å².